The molecule has 0 unspecified atom stereocenters. The van der Waals surface area contributed by atoms with Crippen molar-refractivity contribution in [2.45, 2.75) is 29.1 Å². The fourth-order valence-corrected chi connectivity index (χ4v) is 4.19. The molecule has 0 radical (unpaired) electrons. The molecule has 3 N–H and O–H groups in total. The van der Waals surface area contributed by atoms with Crippen LogP contribution in [0.15, 0.2) is 34.1 Å². The van der Waals surface area contributed by atoms with Crippen LogP contribution in [0.5, 0.6) is 0 Å². The van der Waals surface area contributed by atoms with E-state index in [4.69, 9.17) is 9.88 Å². The van der Waals surface area contributed by atoms with Crippen LogP contribution in [-0.4, -0.2) is 37.1 Å². The molecular weight excluding hydrogens is 316 g/mol. The van der Waals surface area contributed by atoms with Gasteiger partial charge in [0.15, 0.2) is 0 Å². The van der Waals surface area contributed by atoms with E-state index in [2.05, 4.69) is 4.72 Å². The van der Waals surface area contributed by atoms with Gasteiger partial charge in [0, 0.05) is 20.3 Å². The summed E-state index contributed by atoms with van der Waals surface area (Å²) in [7, 11) is -6.40. The highest BCUT2D eigenvalue weighted by Crippen LogP contribution is 2.19. The van der Waals surface area contributed by atoms with E-state index >= 15 is 0 Å². The summed E-state index contributed by atoms with van der Waals surface area (Å²) in [4.78, 5) is -0.735. The number of hydrogen-bond acceptors (Lipinski definition) is 5. The Morgan fingerprint density at radius 3 is 2.24 bits per heavy atom. The number of sulfonamides is 2. The molecule has 0 fully saturated rings. The summed E-state index contributed by atoms with van der Waals surface area (Å²) in [5.74, 6) is 0. The van der Waals surface area contributed by atoms with Crippen molar-refractivity contribution in [3.05, 3.63) is 24.3 Å². The standard InChI is InChI=1S/C12H20N2O5S2/c1-19-10-6-2-5-9-14-21(17,18)12-8-4-3-7-11(12)20(13,15)16/h3-4,7-8,14H,2,5-6,9-10H2,1H3,(H2,13,15,16). The maximum Gasteiger partial charge on any atom is 0.241 e. The zero-order valence-corrected chi connectivity index (χ0v) is 13.4. The molecule has 0 amide bonds. The number of unbranched alkanes of at least 4 members (excludes halogenated alkanes) is 2. The van der Waals surface area contributed by atoms with Gasteiger partial charge in [-0.1, -0.05) is 12.1 Å². The molecule has 21 heavy (non-hydrogen) atoms. The van der Waals surface area contributed by atoms with E-state index in [0.29, 0.717) is 13.0 Å². The van der Waals surface area contributed by atoms with Gasteiger partial charge < -0.3 is 4.74 Å². The van der Waals surface area contributed by atoms with Gasteiger partial charge in [0.05, 0.1) is 0 Å². The van der Waals surface area contributed by atoms with Gasteiger partial charge in [-0.2, -0.15) is 0 Å². The van der Waals surface area contributed by atoms with E-state index in [-0.39, 0.29) is 11.4 Å². The number of ether oxygens (including phenoxy) is 1. The molecule has 1 aromatic rings. The summed E-state index contributed by atoms with van der Waals surface area (Å²) in [6, 6.07) is 5.25. The van der Waals surface area contributed by atoms with Gasteiger partial charge in [-0.15, -0.1) is 0 Å². The molecule has 1 rings (SSSR count). The number of rotatable bonds is 9. The highest BCUT2D eigenvalue weighted by Gasteiger charge is 2.23. The molecule has 1 aromatic carbocycles. The van der Waals surface area contributed by atoms with Crippen molar-refractivity contribution in [2.24, 2.45) is 5.14 Å². The molecule has 9 heteroatoms. The van der Waals surface area contributed by atoms with E-state index in [0.717, 1.165) is 12.8 Å². The van der Waals surface area contributed by atoms with Crippen LogP contribution in [0.25, 0.3) is 0 Å². The van der Waals surface area contributed by atoms with Gasteiger partial charge in [-0.3, -0.25) is 0 Å². The fraction of sp³-hybridized carbons (Fsp3) is 0.500. The number of benzene rings is 1. The molecule has 0 spiro atoms. The summed E-state index contributed by atoms with van der Waals surface area (Å²) in [6.07, 6.45) is 2.29. The zero-order valence-electron chi connectivity index (χ0n) is 11.8. The van der Waals surface area contributed by atoms with Gasteiger partial charge in [0.2, 0.25) is 20.0 Å². The summed E-state index contributed by atoms with van der Waals surface area (Å²) in [5.41, 5.74) is 0. The Hall–Kier alpha value is -1.00. The van der Waals surface area contributed by atoms with E-state index < -0.39 is 24.9 Å². The Balaban J connectivity index is 2.76. The Morgan fingerprint density at radius 2 is 1.67 bits per heavy atom. The minimum absolute atomic E-state index is 0.227. The molecule has 0 bridgehead atoms. The molecule has 0 saturated heterocycles. The number of nitrogens with one attached hydrogen (secondary N) is 1. The van der Waals surface area contributed by atoms with Crippen LogP contribution in [0.4, 0.5) is 0 Å². The van der Waals surface area contributed by atoms with Crippen LogP contribution in [0, 0.1) is 0 Å². The highest BCUT2D eigenvalue weighted by atomic mass is 32.2. The third-order valence-corrected chi connectivity index (χ3v) is 5.38. The summed E-state index contributed by atoms with van der Waals surface area (Å²) < 4.78 is 54.4. The van der Waals surface area contributed by atoms with Crippen molar-refractivity contribution in [1.82, 2.24) is 4.72 Å². The molecule has 0 aliphatic carbocycles. The van der Waals surface area contributed by atoms with Crippen LogP contribution >= 0.6 is 0 Å². The second-order valence-electron chi connectivity index (χ2n) is 4.44. The molecule has 0 aliphatic rings. The number of primary sulfonamides is 1. The summed E-state index contributed by atoms with van der Waals surface area (Å²) in [5, 5.41) is 5.03. The maximum absolute atomic E-state index is 12.1. The van der Waals surface area contributed by atoms with Gasteiger partial charge in [0.1, 0.15) is 9.79 Å². The van der Waals surface area contributed by atoms with Gasteiger partial charge >= 0.3 is 0 Å². The molecule has 0 heterocycles. The molecule has 0 aliphatic heterocycles. The van der Waals surface area contributed by atoms with Gasteiger partial charge in [-0.05, 0) is 31.4 Å². The Morgan fingerprint density at radius 1 is 1.05 bits per heavy atom. The van der Waals surface area contributed by atoms with E-state index in [1.165, 1.54) is 24.3 Å². The quantitative estimate of drug-likeness (QED) is 0.634. The van der Waals surface area contributed by atoms with E-state index in [9.17, 15) is 16.8 Å². The van der Waals surface area contributed by atoms with Crippen molar-refractivity contribution < 1.29 is 21.6 Å². The zero-order chi connectivity index (χ0) is 15.9. The molecule has 0 saturated carbocycles. The first-order valence-electron chi connectivity index (χ1n) is 6.39. The molecule has 0 aromatic heterocycles. The number of methoxy groups -OCH3 is 1. The predicted molar refractivity (Wildman–Crippen MR) is 78.7 cm³/mol. The molecule has 120 valence electrons. The molecule has 0 atom stereocenters. The smallest absolute Gasteiger partial charge is 0.241 e. The minimum atomic E-state index is -4.09. The average molecular weight is 336 g/mol. The first-order chi connectivity index (χ1) is 9.79. The Kier molecular flexibility index (Phi) is 6.75. The van der Waals surface area contributed by atoms with E-state index in [1.807, 2.05) is 0 Å². The van der Waals surface area contributed by atoms with Crippen molar-refractivity contribution in [3.8, 4) is 0 Å². The fourth-order valence-electron chi connectivity index (χ4n) is 1.74. The first-order valence-corrected chi connectivity index (χ1v) is 9.42. The third kappa shape index (κ3) is 5.71. The molecule has 7 nitrogen and oxygen atoms in total. The third-order valence-electron chi connectivity index (χ3n) is 2.76. The van der Waals surface area contributed by atoms with Crippen molar-refractivity contribution >= 4 is 20.0 Å². The van der Waals surface area contributed by atoms with Crippen LogP contribution in [0.2, 0.25) is 0 Å². The second-order valence-corrected chi connectivity index (χ2v) is 7.71. The Bertz CT molecular complexity index is 656. The topological polar surface area (TPSA) is 116 Å². The predicted octanol–water partition coefficient (Wildman–Crippen LogP) is 0.429. The monoisotopic (exact) mass is 336 g/mol. The van der Waals surface area contributed by atoms with Crippen LogP contribution < -0.4 is 9.86 Å². The lowest BCUT2D eigenvalue weighted by Gasteiger charge is -2.10. The lowest BCUT2D eigenvalue weighted by molar-refractivity contribution is 0.192. The second kappa shape index (κ2) is 7.85. The van der Waals surface area contributed by atoms with Crippen molar-refractivity contribution in [1.29, 1.82) is 0 Å². The van der Waals surface area contributed by atoms with Crippen LogP contribution in [0.3, 0.4) is 0 Å². The van der Waals surface area contributed by atoms with Crippen LogP contribution in [-0.2, 0) is 24.8 Å². The SMILES string of the molecule is COCCCCCNS(=O)(=O)c1ccccc1S(N)(=O)=O. The maximum atomic E-state index is 12.1. The summed E-state index contributed by atoms with van der Waals surface area (Å²) in [6.45, 7) is 0.853. The van der Waals surface area contributed by atoms with Gasteiger partial charge in [0.25, 0.3) is 0 Å². The van der Waals surface area contributed by atoms with Crippen molar-refractivity contribution in [3.63, 3.8) is 0 Å². The minimum Gasteiger partial charge on any atom is -0.385 e. The first kappa shape index (κ1) is 18.1. The average Bonchev–Trinajstić information content (AvgIpc) is 2.42. The van der Waals surface area contributed by atoms with Crippen molar-refractivity contribution in [2.75, 3.05) is 20.3 Å². The number of nitrogens with two attached hydrogens (primary N) is 1. The Labute approximate surface area is 125 Å². The largest absolute Gasteiger partial charge is 0.385 e. The number of hydrogen-bond donors (Lipinski definition) is 2. The van der Waals surface area contributed by atoms with Gasteiger partial charge in [-0.25, -0.2) is 26.7 Å². The lowest BCUT2D eigenvalue weighted by Crippen LogP contribution is -2.27. The summed E-state index contributed by atoms with van der Waals surface area (Å²) >= 11 is 0. The normalized spacial score (nSPS) is 12.5. The molecular formula is C12H20N2O5S2. The lowest BCUT2D eigenvalue weighted by atomic mass is 10.2. The van der Waals surface area contributed by atoms with E-state index in [1.54, 1.807) is 7.11 Å². The highest BCUT2D eigenvalue weighted by molar-refractivity contribution is 7.92. The van der Waals surface area contributed by atoms with Crippen LogP contribution in [0.1, 0.15) is 19.3 Å².